The van der Waals surface area contributed by atoms with E-state index in [1.165, 1.54) is 12.1 Å². The molecule has 5 nitrogen and oxygen atoms in total. The fraction of sp³-hybridized carbons (Fsp3) is 0.812. The number of likely N-dealkylation sites (N-methyl/N-ethyl adjacent to an activating group) is 1. The van der Waals surface area contributed by atoms with E-state index < -0.39 is 0 Å². The molecule has 0 bridgehead atoms. The Hall–Kier alpha value is -1.07. The number of hydrogen-bond acceptors (Lipinski definition) is 4. The van der Waals surface area contributed by atoms with Crippen LogP contribution in [0, 0.1) is 0 Å². The molecule has 0 fully saturated rings. The van der Waals surface area contributed by atoms with E-state index in [9.17, 15) is 0 Å². The summed E-state index contributed by atoms with van der Waals surface area (Å²) in [5.74, 6) is 0.897. The monoisotopic (exact) mass is 296 g/mol. The zero-order valence-electron chi connectivity index (χ0n) is 14.6. The lowest BCUT2D eigenvalue weighted by Gasteiger charge is -2.27. The minimum absolute atomic E-state index is 0.0366. The van der Waals surface area contributed by atoms with Gasteiger partial charge in [0.2, 0.25) is 0 Å². The zero-order chi connectivity index (χ0) is 15.9. The normalized spacial score (nSPS) is 12.1. The molecule has 0 aromatic carbocycles. The Bertz CT molecular complexity index is 412. The molecule has 1 aromatic rings. The van der Waals surface area contributed by atoms with Crippen LogP contribution in [0.2, 0.25) is 0 Å². The van der Waals surface area contributed by atoms with Gasteiger partial charge < -0.3 is 15.0 Å². The molecule has 0 aliphatic carbocycles. The minimum Gasteiger partial charge on any atom is -0.493 e. The first-order chi connectivity index (χ1) is 9.92. The Balaban J connectivity index is 2.83. The number of nitrogens with zero attached hydrogens (tertiary/aromatic N) is 3. The van der Waals surface area contributed by atoms with Crippen LogP contribution in [0.3, 0.4) is 0 Å². The van der Waals surface area contributed by atoms with Crippen molar-refractivity contribution in [2.75, 3.05) is 40.8 Å². The molecule has 122 valence electrons. The number of aromatic nitrogens is 2. The van der Waals surface area contributed by atoms with Crippen molar-refractivity contribution in [2.45, 2.75) is 45.6 Å². The summed E-state index contributed by atoms with van der Waals surface area (Å²) in [7, 11) is 5.89. The van der Waals surface area contributed by atoms with Gasteiger partial charge in [0.15, 0.2) is 5.75 Å². The van der Waals surface area contributed by atoms with Crippen molar-refractivity contribution in [2.24, 2.45) is 0 Å². The Morgan fingerprint density at radius 3 is 2.62 bits per heavy atom. The van der Waals surface area contributed by atoms with Crippen LogP contribution >= 0.6 is 0 Å². The predicted molar refractivity (Wildman–Crippen MR) is 88.1 cm³/mol. The van der Waals surface area contributed by atoms with Gasteiger partial charge in [-0.15, -0.1) is 0 Å². The number of rotatable bonds is 10. The number of hydrogen-bond donors (Lipinski definition) is 1. The Labute approximate surface area is 129 Å². The first-order valence-electron chi connectivity index (χ1n) is 7.88. The largest absolute Gasteiger partial charge is 0.493 e. The van der Waals surface area contributed by atoms with Crippen LogP contribution in [0.4, 0.5) is 0 Å². The van der Waals surface area contributed by atoms with Crippen molar-refractivity contribution >= 4 is 0 Å². The summed E-state index contributed by atoms with van der Waals surface area (Å²) in [6.45, 7) is 10.7. The van der Waals surface area contributed by atoms with Gasteiger partial charge in [0.05, 0.1) is 25.5 Å². The molecule has 0 amide bonds. The smallest absolute Gasteiger partial charge is 0.160 e. The van der Waals surface area contributed by atoms with Gasteiger partial charge in [0.25, 0.3) is 0 Å². The molecule has 5 heteroatoms. The van der Waals surface area contributed by atoms with Crippen molar-refractivity contribution in [1.29, 1.82) is 0 Å². The van der Waals surface area contributed by atoms with Gasteiger partial charge in [-0.2, -0.15) is 5.10 Å². The molecular weight excluding hydrogens is 264 g/mol. The lowest BCUT2D eigenvalue weighted by molar-refractivity contribution is 0.337. The van der Waals surface area contributed by atoms with E-state index in [2.05, 4.69) is 54.9 Å². The van der Waals surface area contributed by atoms with E-state index in [1.54, 1.807) is 7.11 Å². The molecule has 0 aliphatic rings. The second kappa shape index (κ2) is 8.39. The average molecular weight is 296 g/mol. The SMILES string of the molecule is CCCNCCC(C)(C)c1c(OC)cnn1CCN(C)C. The van der Waals surface area contributed by atoms with Crippen LogP contribution in [0.5, 0.6) is 5.75 Å². The van der Waals surface area contributed by atoms with Crippen molar-refractivity contribution in [3.05, 3.63) is 11.9 Å². The van der Waals surface area contributed by atoms with Crippen LogP contribution in [0.25, 0.3) is 0 Å². The predicted octanol–water partition coefficient (Wildman–Crippen LogP) is 2.12. The van der Waals surface area contributed by atoms with Crippen LogP contribution in [0.15, 0.2) is 6.20 Å². The van der Waals surface area contributed by atoms with E-state index in [0.29, 0.717) is 0 Å². The Morgan fingerprint density at radius 2 is 2.05 bits per heavy atom. The lowest BCUT2D eigenvalue weighted by atomic mass is 9.85. The second-order valence-electron chi connectivity index (χ2n) is 6.47. The summed E-state index contributed by atoms with van der Waals surface area (Å²) < 4.78 is 7.63. The quantitative estimate of drug-likeness (QED) is 0.672. The highest BCUT2D eigenvalue weighted by atomic mass is 16.5. The van der Waals surface area contributed by atoms with Crippen LogP contribution in [-0.2, 0) is 12.0 Å². The molecule has 0 unspecified atom stereocenters. The van der Waals surface area contributed by atoms with Gasteiger partial charge in [0.1, 0.15) is 0 Å². The van der Waals surface area contributed by atoms with Gasteiger partial charge in [0, 0.05) is 12.0 Å². The van der Waals surface area contributed by atoms with Gasteiger partial charge in [-0.1, -0.05) is 20.8 Å². The molecule has 0 saturated carbocycles. The summed E-state index contributed by atoms with van der Waals surface area (Å²) in [4.78, 5) is 2.17. The molecule has 0 radical (unpaired) electrons. The summed E-state index contributed by atoms with van der Waals surface area (Å²) >= 11 is 0. The Kier molecular flexibility index (Phi) is 7.18. The summed E-state index contributed by atoms with van der Waals surface area (Å²) in [6, 6.07) is 0. The van der Waals surface area contributed by atoms with E-state index in [-0.39, 0.29) is 5.41 Å². The summed E-state index contributed by atoms with van der Waals surface area (Å²) in [6.07, 6.45) is 4.08. The standard InChI is InChI=1S/C16H32N4O/c1-7-9-17-10-8-16(2,3)15-14(21-6)13-18-20(15)12-11-19(4)5/h13,17H,7-12H2,1-6H3. The maximum Gasteiger partial charge on any atom is 0.160 e. The van der Waals surface area contributed by atoms with E-state index in [0.717, 1.165) is 38.3 Å². The summed E-state index contributed by atoms with van der Waals surface area (Å²) in [5, 5.41) is 8.00. The molecule has 1 N–H and O–H groups in total. The molecular formula is C16H32N4O. The third kappa shape index (κ3) is 5.32. The fourth-order valence-corrected chi connectivity index (χ4v) is 2.49. The number of nitrogens with one attached hydrogen (secondary N) is 1. The zero-order valence-corrected chi connectivity index (χ0v) is 14.6. The molecule has 1 rings (SSSR count). The fourth-order valence-electron chi connectivity index (χ4n) is 2.49. The minimum atomic E-state index is 0.0366. The molecule has 0 spiro atoms. The van der Waals surface area contributed by atoms with Crippen LogP contribution < -0.4 is 10.1 Å². The van der Waals surface area contributed by atoms with Gasteiger partial charge in [-0.05, 0) is 40.0 Å². The molecule has 21 heavy (non-hydrogen) atoms. The van der Waals surface area contributed by atoms with Crippen molar-refractivity contribution < 1.29 is 4.74 Å². The highest BCUT2D eigenvalue weighted by molar-refractivity contribution is 5.32. The summed E-state index contributed by atoms with van der Waals surface area (Å²) in [5.41, 5.74) is 1.24. The second-order valence-corrected chi connectivity index (χ2v) is 6.47. The van der Waals surface area contributed by atoms with Crippen molar-refractivity contribution in [3.63, 3.8) is 0 Å². The maximum atomic E-state index is 5.53. The van der Waals surface area contributed by atoms with E-state index in [4.69, 9.17) is 4.74 Å². The molecule has 0 atom stereocenters. The van der Waals surface area contributed by atoms with Crippen molar-refractivity contribution in [3.8, 4) is 5.75 Å². The van der Waals surface area contributed by atoms with Crippen LogP contribution in [0.1, 0.15) is 39.3 Å². The van der Waals surface area contributed by atoms with Gasteiger partial charge in [-0.25, -0.2) is 0 Å². The highest BCUT2D eigenvalue weighted by Gasteiger charge is 2.29. The molecule has 0 aliphatic heterocycles. The first-order valence-corrected chi connectivity index (χ1v) is 7.88. The third-order valence-electron chi connectivity index (χ3n) is 3.78. The van der Waals surface area contributed by atoms with E-state index >= 15 is 0 Å². The first kappa shape index (κ1) is 18.0. The lowest BCUT2D eigenvalue weighted by Crippen LogP contribution is -2.30. The van der Waals surface area contributed by atoms with Crippen molar-refractivity contribution in [1.82, 2.24) is 20.0 Å². The van der Waals surface area contributed by atoms with E-state index in [1.807, 2.05) is 6.20 Å². The number of ether oxygens (including phenoxy) is 1. The van der Waals surface area contributed by atoms with Gasteiger partial charge >= 0.3 is 0 Å². The van der Waals surface area contributed by atoms with Gasteiger partial charge in [-0.3, -0.25) is 4.68 Å². The molecule has 1 heterocycles. The average Bonchev–Trinajstić information content (AvgIpc) is 2.85. The molecule has 0 saturated heterocycles. The molecule has 1 aromatic heterocycles. The van der Waals surface area contributed by atoms with Crippen LogP contribution in [-0.4, -0.2) is 55.5 Å². The Morgan fingerprint density at radius 1 is 1.33 bits per heavy atom. The maximum absolute atomic E-state index is 5.53. The third-order valence-corrected chi connectivity index (χ3v) is 3.78. The topological polar surface area (TPSA) is 42.3 Å². The highest BCUT2D eigenvalue weighted by Crippen LogP contribution is 2.33. The number of methoxy groups -OCH3 is 1.